The van der Waals surface area contributed by atoms with E-state index in [0.29, 0.717) is 13.1 Å². The molecular formula is C20H30Cl2F3N3O. The number of nitrogens with two attached hydrogens (primary N) is 1. The molecule has 1 aromatic rings. The Morgan fingerprint density at radius 1 is 1.00 bits per heavy atom. The first-order valence-electron chi connectivity index (χ1n) is 9.76. The van der Waals surface area contributed by atoms with Gasteiger partial charge >= 0.3 is 6.18 Å². The minimum Gasteiger partial charge on any atom is -0.341 e. The average Bonchev–Trinajstić information content (AvgIpc) is 2.86. The van der Waals surface area contributed by atoms with E-state index in [9.17, 15) is 18.0 Å². The molecule has 1 saturated heterocycles. The standard InChI is InChI=1S/C20H28F3N3O.2ClH/c21-20(22,23)17-7-5-15(6-8-17)14-25-9-2-10-26(12-11-25)19(27)16-3-1-4-18(24)13-16;;/h5-8,16,18H,1-4,9-14,24H2;2*1H. The van der Waals surface area contributed by atoms with Gasteiger partial charge < -0.3 is 10.6 Å². The number of carbonyl (C=O) groups is 1. The molecule has 9 heteroatoms. The topological polar surface area (TPSA) is 49.6 Å². The van der Waals surface area contributed by atoms with Gasteiger partial charge in [-0.3, -0.25) is 9.69 Å². The molecule has 0 radical (unpaired) electrons. The Hall–Kier alpha value is -1.02. The Balaban J connectivity index is 0.00000210. The second-order valence-electron chi connectivity index (χ2n) is 7.77. The third-order valence-electron chi connectivity index (χ3n) is 5.65. The van der Waals surface area contributed by atoms with E-state index >= 15 is 0 Å². The fourth-order valence-electron chi connectivity index (χ4n) is 4.12. The number of rotatable bonds is 3. The molecule has 1 saturated carbocycles. The number of carbonyl (C=O) groups excluding carboxylic acids is 1. The molecule has 4 nitrogen and oxygen atoms in total. The minimum absolute atomic E-state index is 0. The number of hydrogen-bond acceptors (Lipinski definition) is 3. The molecule has 2 atom stereocenters. The number of nitrogens with zero attached hydrogens (tertiary/aromatic N) is 2. The normalized spacial score (nSPS) is 23.5. The molecule has 3 rings (SSSR count). The molecule has 2 aliphatic rings. The van der Waals surface area contributed by atoms with Crippen molar-refractivity contribution in [1.29, 1.82) is 0 Å². The Kier molecular flexibility index (Phi) is 10.2. The number of halogens is 5. The van der Waals surface area contributed by atoms with Gasteiger partial charge in [0.05, 0.1) is 5.56 Å². The predicted molar refractivity (Wildman–Crippen MR) is 112 cm³/mol. The van der Waals surface area contributed by atoms with Crippen LogP contribution in [0.1, 0.15) is 43.2 Å². The monoisotopic (exact) mass is 455 g/mol. The molecule has 0 bridgehead atoms. The molecule has 1 amide bonds. The van der Waals surface area contributed by atoms with Crippen LogP contribution in [0.4, 0.5) is 13.2 Å². The lowest BCUT2D eigenvalue weighted by atomic mass is 9.85. The highest BCUT2D eigenvalue weighted by molar-refractivity contribution is 5.85. The van der Waals surface area contributed by atoms with E-state index in [4.69, 9.17) is 5.73 Å². The third-order valence-corrected chi connectivity index (χ3v) is 5.65. The summed E-state index contributed by atoms with van der Waals surface area (Å²) in [7, 11) is 0. The molecule has 166 valence electrons. The van der Waals surface area contributed by atoms with Crippen molar-refractivity contribution in [3.63, 3.8) is 0 Å². The van der Waals surface area contributed by atoms with Crippen molar-refractivity contribution in [3.05, 3.63) is 35.4 Å². The molecular weight excluding hydrogens is 426 g/mol. The summed E-state index contributed by atoms with van der Waals surface area (Å²) in [6, 6.07) is 5.49. The van der Waals surface area contributed by atoms with Gasteiger partial charge in [-0.05, 0) is 43.4 Å². The first-order chi connectivity index (χ1) is 12.8. The second-order valence-corrected chi connectivity index (χ2v) is 7.77. The van der Waals surface area contributed by atoms with Gasteiger partial charge in [0.2, 0.25) is 5.91 Å². The van der Waals surface area contributed by atoms with Crippen LogP contribution >= 0.6 is 24.8 Å². The number of alkyl halides is 3. The molecule has 1 aliphatic heterocycles. The van der Waals surface area contributed by atoms with Gasteiger partial charge in [0.15, 0.2) is 0 Å². The van der Waals surface area contributed by atoms with Crippen LogP contribution < -0.4 is 5.73 Å². The maximum absolute atomic E-state index is 12.8. The van der Waals surface area contributed by atoms with Gasteiger partial charge in [0, 0.05) is 44.7 Å². The lowest BCUT2D eigenvalue weighted by molar-refractivity contribution is -0.138. The summed E-state index contributed by atoms with van der Waals surface area (Å²) in [4.78, 5) is 17.0. The van der Waals surface area contributed by atoms with Crippen LogP contribution in [0.15, 0.2) is 24.3 Å². The molecule has 2 unspecified atom stereocenters. The molecule has 2 fully saturated rings. The van der Waals surface area contributed by atoms with Crippen molar-refractivity contribution < 1.29 is 18.0 Å². The van der Waals surface area contributed by atoms with E-state index < -0.39 is 11.7 Å². The van der Waals surface area contributed by atoms with Crippen molar-refractivity contribution >= 4 is 30.7 Å². The van der Waals surface area contributed by atoms with E-state index in [1.54, 1.807) is 12.1 Å². The van der Waals surface area contributed by atoms with E-state index in [0.717, 1.165) is 69.4 Å². The summed E-state index contributed by atoms with van der Waals surface area (Å²) in [6.45, 7) is 3.61. The molecule has 1 aromatic carbocycles. The van der Waals surface area contributed by atoms with Gasteiger partial charge in [0.1, 0.15) is 0 Å². The van der Waals surface area contributed by atoms with Crippen molar-refractivity contribution in [1.82, 2.24) is 9.80 Å². The van der Waals surface area contributed by atoms with Gasteiger partial charge in [-0.15, -0.1) is 24.8 Å². The summed E-state index contributed by atoms with van der Waals surface area (Å²) in [6.07, 6.45) is 0.313. The summed E-state index contributed by atoms with van der Waals surface area (Å²) in [5.41, 5.74) is 6.26. The van der Waals surface area contributed by atoms with Crippen molar-refractivity contribution in [2.24, 2.45) is 11.7 Å². The van der Waals surface area contributed by atoms with Crippen LogP contribution in [-0.2, 0) is 17.5 Å². The quantitative estimate of drug-likeness (QED) is 0.745. The van der Waals surface area contributed by atoms with Crippen LogP contribution in [0.25, 0.3) is 0 Å². The Bertz CT molecular complexity index is 643. The SMILES string of the molecule is Cl.Cl.NC1CCCC(C(=O)N2CCCN(Cc3ccc(C(F)(F)F)cc3)CC2)C1. The van der Waals surface area contributed by atoms with Crippen molar-refractivity contribution in [3.8, 4) is 0 Å². The maximum Gasteiger partial charge on any atom is 0.416 e. The summed E-state index contributed by atoms with van der Waals surface area (Å²) < 4.78 is 38.0. The lowest BCUT2D eigenvalue weighted by Gasteiger charge is -2.31. The van der Waals surface area contributed by atoms with Crippen LogP contribution in [0.5, 0.6) is 0 Å². The van der Waals surface area contributed by atoms with E-state index in [1.807, 2.05) is 4.90 Å². The summed E-state index contributed by atoms with van der Waals surface area (Å²) in [5, 5.41) is 0. The summed E-state index contributed by atoms with van der Waals surface area (Å²) >= 11 is 0. The van der Waals surface area contributed by atoms with E-state index in [-0.39, 0.29) is 42.7 Å². The second kappa shape index (κ2) is 11.4. The molecule has 29 heavy (non-hydrogen) atoms. The zero-order valence-corrected chi connectivity index (χ0v) is 18.0. The predicted octanol–water partition coefficient (Wildman–Crippen LogP) is 4.10. The third kappa shape index (κ3) is 7.31. The zero-order valence-electron chi connectivity index (χ0n) is 16.4. The fourth-order valence-corrected chi connectivity index (χ4v) is 4.12. The molecule has 1 heterocycles. The number of hydrogen-bond donors (Lipinski definition) is 1. The highest BCUT2D eigenvalue weighted by atomic mass is 35.5. The number of benzene rings is 1. The number of amides is 1. The average molecular weight is 456 g/mol. The van der Waals surface area contributed by atoms with Gasteiger partial charge in [-0.2, -0.15) is 13.2 Å². The molecule has 0 spiro atoms. The zero-order chi connectivity index (χ0) is 19.4. The van der Waals surface area contributed by atoms with Crippen LogP contribution in [0, 0.1) is 5.92 Å². The van der Waals surface area contributed by atoms with Gasteiger partial charge in [-0.25, -0.2) is 0 Å². The first kappa shape index (κ1) is 26.0. The van der Waals surface area contributed by atoms with Gasteiger partial charge in [0.25, 0.3) is 0 Å². The lowest BCUT2D eigenvalue weighted by Crippen LogP contribution is -2.42. The minimum atomic E-state index is -4.30. The van der Waals surface area contributed by atoms with Crippen LogP contribution in [0.3, 0.4) is 0 Å². The maximum atomic E-state index is 12.8. The summed E-state index contributed by atoms with van der Waals surface area (Å²) in [5.74, 6) is 0.275. The first-order valence-corrected chi connectivity index (χ1v) is 9.76. The smallest absolute Gasteiger partial charge is 0.341 e. The molecule has 2 N–H and O–H groups in total. The Morgan fingerprint density at radius 3 is 2.31 bits per heavy atom. The van der Waals surface area contributed by atoms with Crippen LogP contribution in [0.2, 0.25) is 0 Å². The fraction of sp³-hybridized carbons (Fsp3) is 0.650. The highest BCUT2D eigenvalue weighted by Gasteiger charge is 2.31. The van der Waals surface area contributed by atoms with E-state index in [2.05, 4.69) is 4.90 Å². The molecule has 1 aliphatic carbocycles. The molecule has 0 aromatic heterocycles. The Morgan fingerprint density at radius 2 is 1.69 bits per heavy atom. The highest BCUT2D eigenvalue weighted by Crippen LogP contribution is 2.29. The van der Waals surface area contributed by atoms with Crippen molar-refractivity contribution in [2.45, 2.75) is 50.9 Å². The van der Waals surface area contributed by atoms with Crippen LogP contribution in [-0.4, -0.2) is 47.9 Å². The van der Waals surface area contributed by atoms with Crippen molar-refractivity contribution in [2.75, 3.05) is 26.2 Å². The largest absolute Gasteiger partial charge is 0.416 e. The Labute approximate surface area is 182 Å². The van der Waals surface area contributed by atoms with E-state index in [1.165, 1.54) is 0 Å². The van der Waals surface area contributed by atoms with Gasteiger partial charge in [-0.1, -0.05) is 18.6 Å².